The van der Waals surface area contributed by atoms with Crippen LogP contribution in [0.3, 0.4) is 0 Å². The van der Waals surface area contributed by atoms with E-state index in [4.69, 9.17) is 4.74 Å². The number of aliphatic carboxylic acids is 1. The molecule has 1 aromatic heterocycles. The number of nitrogens with one attached hydrogen (secondary N) is 1. The van der Waals surface area contributed by atoms with Crippen molar-refractivity contribution in [3.63, 3.8) is 0 Å². The number of carbonyl (C=O) groups is 3. The lowest BCUT2D eigenvalue weighted by Crippen LogP contribution is -2.42. The van der Waals surface area contributed by atoms with Crippen LogP contribution in [0.5, 0.6) is 0 Å². The molecule has 1 saturated heterocycles. The Morgan fingerprint density at radius 3 is 2.35 bits per heavy atom. The molecule has 3 aromatic rings. The third-order valence-corrected chi connectivity index (χ3v) is 6.98. The van der Waals surface area contributed by atoms with E-state index in [1.165, 1.54) is 22.7 Å². The van der Waals surface area contributed by atoms with Crippen LogP contribution < -0.4 is 5.32 Å². The van der Waals surface area contributed by atoms with Crippen LogP contribution in [0, 0.1) is 0 Å². The monoisotopic (exact) mass is 475 g/mol. The number of carboxylic acids is 1. The number of pyridine rings is 1. The van der Waals surface area contributed by atoms with E-state index in [9.17, 15) is 19.5 Å². The van der Waals surface area contributed by atoms with Crippen molar-refractivity contribution in [3.8, 4) is 11.1 Å². The van der Waals surface area contributed by atoms with Crippen LogP contribution >= 0.6 is 11.8 Å². The summed E-state index contributed by atoms with van der Waals surface area (Å²) in [7, 11) is 0. The van der Waals surface area contributed by atoms with Crippen LogP contribution in [0.25, 0.3) is 11.1 Å². The number of aromatic nitrogens is 1. The Balaban J connectivity index is 1.26. The normalized spacial score (nSPS) is 16.6. The molecular weight excluding hydrogens is 454 g/mol. The minimum Gasteiger partial charge on any atom is -0.480 e. The minimum absolute atomic E-state index is 0.0604. The van der Waals surface area contributed by atoms with Gasteiger partial charge in [0.15, 0.2) is 0 Å². The first-order valence-corrected chi connectivity index (χ1v) is 11.9. The summed E-state index contributed by atoms with van der Waals surface area (Å²) in [6, 6.07) is 19.9. The minimum atomic E-state index is -1.05. The summed E-state index contributed by atoms with van der Waals surface area (Å²) in [4.78, 5) is 42.2. The van der Waals surface area contributed by atoms with Crippen LogP contribution in [0.15, 0.2) is 66.7 Å². The van der Waals surface area contributed by atoms with Gasteiger partial charge in [0.1, 0.15) is 24.2 Å². The molecule has 9 heteroatoms. The first kappa shape index (κ1) is 22.0. The Bertz CT molecular complexity index is 1240. The van der Waals surface area contributed by atoms with E-state index < -0.39 is 24.0 Å². The molecule has 5 rings (SSSR count). The second kappa shape index (κ2) is 9.18. The van der Waals surface area contributed by atoms with E-state index in [0.29, 0.717) is 5.75 Å². The summed E-state index contributed by atoms with van der Waals surface area (Å²) in [5.41, 5.74) is 4.56. The van der Waals surface area contributed by atoms with Crippen molar-refractivity contribution >= 4 is 35.5 Å². The Morgan fingerprint density at radius 2 is 1.68 bits per heavy atom. The van der Waals surface area contributed by atoms with E-state index in [1.54, 1.807) is 12.1 Å². The highest BCUT2D eigenvalue weighted by Crippen LogP contribution is 2.44. The molecule has 1 aliphatic carbocycles. The molecule has 2 amide bonds. The van der Waals surface area contributed by atoms with Gasteiger partial charge in [0.25, 0.3) is 5.91 Å². The molecule has 0 radical (unpaired) electrons. The Hall–Kier alpha value is -3.85. The van der Waals surface area contributed by atoms with Gasteiger partial charge in [-0.15, -0.1) is 11.8 Å². The van der Waals surface area contributed by atoms with Gasteiger partial charge in [0.2, 0.25) is 0 Å². The fourth-order valence-corrected chi connectivity index (χ4v) is 5.50. The highest BCUT2D eigenvalue weighted by Gasteiger charge is 2.35. The summed E-state index contributed by atoms with van der Waals surface area (Å²) in [5, 5.41) is 11.9. The van der Waals surface area contributed by atoms with Crippen molar-refractivity contribution in [2.24, 2.45) is 0 Å². The van der Waals surface area contributed by atoms with Crippen LogP contribution in [0.1, 0.15) is 27.5 Å². The molecule has 1 atom stereocenters. The average Bonchev–Trinajstić information content (AvgIpc) is 3.46. The molecule has 0 saturated carbocycles. The van der Waals surface area contributed by atoms with E-state index in [-0.39, 0.29) is 29.9 Å². The number of carbonyl (C=O) groups excluding carboxylic acids is 2. The largest absolute Gasteiger partial charge is 0.480 e. The van der Waals surface area contributed by atoms with Gasteiger partial charge >= 0.3 is 12.1 Å². The van der Waals surface area contributed by atoms with Gasteiger partial charge in [-0.1, -0.05) is 54.6 Å². The molecule has 172 valence electrons. The molecule has 0 spiro atoms. The van der Waals surface area contributed by atoms with Crippen LogP contribution in [0.2, 0.25) is 0 Å². The first-order chi connectivity index (χ1) is 16.5. The quantitative estimate of drug-likeness (QED) is 0.573. The first-order valence-electron chi connectivity index (χ1n) is 10.7. The van der Waals surface area contributed by atoms with Gasteiger partial charge in [0.05, 0.1) is 5.88 Å². The van der Waals surface area contributed by atoms with Gasteiger partial charge in [-0.2, -0.15) is 0 Å². The lowest BCUT2D eigenvalue weighted by molar-refractivity contribution is -0.140. The van der Waals surface area contributed by atoms with Gasteiger partial charge in [-0.25, -0.2) is 14.6 Å². The molecule has 1 fully saturated rings. The fourth-order valence-electron chi connectivity index (χ4n) is 4.36. The van der Waals surface area contributed by atoms with Gasteiger partial charge < -0.3 is 14.7 Å². The number of rotatable bonds is 5. The van der Waals surface area contributed by atoms with Crippen molar-refractivity contribution in [1.29, 1.82) is 0 Å². The van der Waals surface area contributed by atoms with Crippen molar-refractivity contribution in [2.75, 3.05) is 23.6 Å². The highest BCUT2D eigenvalue weighted by molar-refractivity contribution is 7.99. The van der Waals surface area contributed by atoms with E-state index in [2.05, 4.69) is 22.4 Å². The second-order valence-electron chi connectivity index (χ2n) is 7.99. The number of hydrogen-bond donors (Lipinski definition) is 2. The standard InChI is InChI=1S/C25H21N3O5S/c29-23(28-14-34-13-21(28)24(30)31)20-10-5-11-22(26-20)27-25(32)33-12-19-17-8-3-1-6-15(17)16-7-2-4-9-18(16)19/h1-11,19,21H,12-14H2,(H,30,31)(H,26,27,32)/t21-/m0/s1. The molecule has 0 unspecified atom stereocenters. The van der Waals surface area contributed by atoms with Gasteiger partial charge in [-0.05, 0) is 34.4 Å². The Labute approximate surface area is 199 Å². The molecule has 34 heavy (non-hydrogen) atoms. The number of nitrogens with zero attached hydrogens (tertiary/aromatic N) is 2. The molecule has 2 N–H and O–H groups in total. The number of amides is 2. The van der Waals surface area contributed by atoms with Crippen LogP contribution in [-0.4, -0.2) is 57.2 Å². The topological polar surface area (TPSA) is 109 Å². The number of benzene rings is 2. The van der Waals surface area contributed by atoms with Crippen molar-refractivity contribution in [3.05, 3.63) is 83.6 Å². The van der Waals surface area contributed by atoms with Crippen LogP contribution in [0.4, 0.5) is 10.6 Å². The summed E-state index contributed by atoms with van der Waals surface area (Å²) in [6.07, 6.45) is -0.681. The van der Waals surface area contributed by atoms with Crippen LogP contribution in [-0.2, 0) is 9.53 Å². The molecular formula is C25H21N3O5S. The van der Waals surface area contributed by atoms with Crippen molar-refractivity contribution in [1.82, 2.24) is 9.88 Å². The summed E-state index contributed by atoms with van der Waals surface area (Å²) >= 11 is 1.37. The number of anilines is 1. The lowest BCUT2D eigenvalue weighted by Gasteiger charge is -2.20. The smallest absolute Gasteiger partial charge is 0.412 e. The predicted molar refractivity (Wildman–Crippen MR) is 128 cm³/mol. The maximum Gasteiger partial charge on any atom is 0.412 e. The zero-order chi connectivity index (χ0) is 23.7. The Morgan fingerprint density at radius 1 is 1.00 bits per heavy atom. The average molecular weight is 476 g/mol. The SMILES string of the molecule is O=C(Nc1cccc(C(=O)N2CSC[C@H]2C(=O)O)n1)OCC1c2ccccc2-c2ccccc21. The van der Waals surface area contributed by atoms with Gasteiger partial charge in [-0.3, -0.25) is 10.1 Å². The maximum atomic E-state index is 12.8. The van der Waals surface area contributed by atoms with E-state index in [1.807, 2.05) is 36.4 Å². The third kappa shape index (κ3) is 4.10. The summed E-state index contributed by atoms with van der Waals surface area (Å²) in [5.74, 6) is -0.846. The van der Waals surface area contributed by atoms with Gasteiger partial charge in [0, 0.05) is 11.7 Å². The zero-order valence-electron chi connectivity index (χ0n) is 18.0. The second-order valence-corrected chi connectivity index (χ2v) is 8.99. The number of fused-ring (bicyclic) bond motifs is 3. The Kier molecular flexibility index (Phi) is 5.93. The third-order valence-electron chi connectivity index (χ3n) is 5.97. The number of carboxylic acid groups (broad SMARTS) is 1. The maximum absolute atomic E-state index is 12.8. The summed E-state index contributed by atoms with van der Waals surface area (Å²) in [6.45, 7) is 0.157. The molecule has 1 aliphatic heterocycles. The van der Waals surface area contributed by atoms with E-state index >= 15 is 0 Å². The predicted octanol–water partition coefficient (Wildman–Crippen LogP) is 4.04. The van der Waals surface area contributed by atoms with Crippen molar-refractivity contribution < 1.29 is 24.2 Å². The number of hydrogen-bond acceptors (Lipinski definition) is 6. The molecule has 0 bridgehead atoms. The zero-order valence-corrected chi connectivity index (χ0v) is 18.8. The molecule has 2 aliphatic rings. The van der Waals surface area contributed by atoms with Crippen molar-refractivity contribution in [2.45, 2.75) is 12.0 Å². The van der Waals surface area contributed by atoms with E-state index in [0.717, 1.165) is 22.3 Å². The highest BCUT2D eigenvalue weighted by atomic mass is 32.2. The number of thioether (sulfide) groups is 1. The summed E-state index contributed by atoms with van der Waals surface area (Å²) < 4.78 is 5.53. The fraction of sp³-hybridized carbons (Fsp3) is 0.200. The molecule has 8 nitrogen and oxygen atoms in total. The molecule has 2 heterocycles. The molecule has 2 aromatic carbocycles. The lowest BCUT2D eigenvalue weighted by atomic mass is 9.98. The number of ether oxygens (including phenoxy) is 1.